The average Bonchev–Trinajstić information content (AvgIpc) is 2.85. The molecule has 0 saturated carbocycles. The van der Waals surface area contributed by atoms with Crippen LogP contribution in [0.4, 0.5) is 17.6 Å². The fourth-order valence-electron chi connectivity index (χ4n) is 5.46. The van der Waals surface area contributed by atoms with Crippen LogP contribution in [0.5, 0.6) is 0 Å². The summed E-state index contributed by atoms with van der Waals surface area (Å²) in [6, 6.07) is 11.6. The highest BCUT2D eigenvalue weighted by Crippen LogP contribution is 2.44. The minimum absolute atomic E-state index is 0.0758. The molecule has 38 heavy (non-hydrogen) atoms. The van der Waals surface area contributed by atoms with Crippen molar-refractivity contribution in [2.45, 2.75) is 56.1 Å². The van der Waals surface area contributed by atoms with Gasteiger partial charge in [0.1, 0.15) is 5.60 Å². The van der Waals surface area contributed by atoms with Crippen LogP contribution in [0.15, 0.2) is 54.7 Å². The maximum atomic E-state index is 16.1. The van der Waals surface area contributed by atoms with Crippen LogP contribution < -0.4 is 5.32 Å². The van der Waals surface area contributed by atoms with Gasteiger partial charge in [-0.25, -0.2) is 4.39 Å². The summed E-state index contributed by atoms with van der Waals surface area (Å²) in [5.74, 6) is -1.21. The van der Waals surface area contributed by atoms with E-state index < -0.39 is 28.9 Å². The van der Waals surface area contributed by atoms with Crippen LogP contribution in [-0.2, 0) is 27.9 Å². The van der Waals surface area contributed by atoms with Gasteiger partial charge in [-0.05, 0) is 66.8 Å². The maximum Gasteiger partial charge on any atom is 0.416 e. The van der Waals surface area contributed by atoms with E-state index in [0.717, 1.165) is 12.1 Å². The molecule has 200 valence electrons. The number of aromatic nitrogens is 1. The van der Waals surface area contributed by atoms with Gasteiger partial charge in [-0.2, -0.15) is 13.2 Å². The van der Waals surface area contributed by atoms with Crippen molar-refractivity contribution in [3.05, 3.63) is 77.0 Å². The quantitative estimate of drug-likeness (QED) is 0.382. The lowest BCUT2D eigenvalue weighted by atomic mass is 9.74. The molecule has 3 heterocycles. The molecule has 0 radical (unpaired) electrons. The number of pyridine rings is 1. The molecule has 2 saturated heterocycles. The Bertz CT molecular complexity index is 1390. The Labute approximate surface area is 216 Å². The van der Waals surface area contributed by atoms with Gasteiger partial charge in [-0.15, -0.1) is 0 Å². The third-order valence-electron chi connectivity index (χ3n) is 7.68. The van der Waals surface area contributed by atoms with Crippen LogP contribution >= 0.6 is 0 Å². The topological polar surface area (TPSA) is 82.5 Å². The molecule has 0 spiro atoms. The number of halogens is 4. The van der Waals surface area contributed by atoms with Crippen molar-refractivity contribution in [1.29, 1.82) is 0 Å². The number of carbonyl (C=O) groups is 2. The lowest BCUT2D eigenvalue weighted by Gasteiger charge is -2.47. The van der Waals surface area contributed by atoms with Crippen molar-refractivity contribution < 1.29 is 32.3 Å². The van der Waals surface area contributed by atoms with Gasteiger partial charge in [-0.3, -0.25) is 24.8 Å². The largest absolute Gasteiger partial charge is 0.416 e. The first-order valence-corrected chi connectivity index (χ1v) is 12.4. The van der Waals surface area contributed by atoms with Gasteiger partial charge in [0.05, 0.1) is 17.0 Å². The molecule has 2 N–H and O–H groups in total. The molecule has 5 rings (SSSR count). The Morgan fingerprint density at radius 1 is 1.13 bits per heavy atom. The van der Waals surface area contributed by atoms with Crippen molar-refractivity contribution >= 4 is 22.7 Å². The highest BCUT2D eigenvalue weighted by molar-refractivity contribution is 6.01. The fourth-order valence-corrected chi connectivity index (χ4v) is 5.46. The minimum atomic E-state index is -4.42. The molecule has 1 aromatic heterocycles. The SMILES string of the molecule is C[C@]1(F)CN(Cc2ccc(C(F)(F)F)cc2)CC[C@@]1(O)c1ccc2ncc([C@H]3CCC(=O)NC3=O)cc2c1. The number of amides is 2. The van der Waals surface area contributed by atoms with Crippen molar-refractivity contribution in [3.63, 3.8) is 0 Å². The number of hydrogen-bond acceptors (Lipinski definition) is 5. The highest BCUT2D eigenvalue weighted by atomic mass is 19.4. The van der Waals surface area contributed by atoms with Gasteiger partial charge in [0, 0.05) is 37.6 Å². The van der Waals surface area contributed by atoms with E-state index in [1.165, 1.54) is 19.1 Å². The number of benzene rings is 2. The van der Waals surface area contributed by atoms with E-state index in [0.29, 0.717) is 40.6 Å². The fraction of sp³-hybridized carbons (Fsp3) is 0.393. The summed E-state index contributed by atoms with van der Waals surface area (Å²) in [5, 5.41) is 14.6. The summed E-state index contributed by atoms with van der Waals surface area (Å²) < 4.78 is 54.6. The molecule has 2 amide bonds. The Balaban J connectivity index is 1.36. The normalized spacial score (nSPS) is 26.9. The molecule has 6 nitrogen and oxygen atoms in total. The van der Waals surface area contributed by atoms with E-state index in [2.05, 4.69) is 10.3 Å². The zero-order chi connectivity index (χ0) is 27.3. The number of fused-ring (bicyclic) bond motifs is 1. The van der Waals surface area contributed by atoms with Gasteiger partial charge in [0.2, 0.25) is 11.8 Å². The Hall–Kier alpha value is -3.37. The molecule has 10 heteroatoms. The number of alkyl halides is 4. The molecule has 2 fully saturated rings. The minimum Gasteiger partial charge on any atom is -0.382 e. The van der Waals surface area contributed by atoms with Crippen LogP contribution in [0, 0.1) is 0 Å². The van der Waals surface area contributed by atoms with Gasteiger partial charge in [-0.1, -0.05) is 18.2 Å². The van der Waals surface area contributed by atoms with Gasteiger partial charge in [0.25, 0.3) is 0 Å². The Kier molecular flexibility index (Phi) is 6.51. The molecule has 0 unspecified atom stereocenters. The smallest absolute Gasteiger partial charge is 0.382 e. The number of likely N-dealkylation sites (tertiary alicyclic amines) is 1. The molecular formula is C28H27F4N3O3. The van der Waals surface area contributed by atoms with Crippen molar-refractivity contribution in [1.82, 2.24) is 15.2 Å². The van der Waals surface area contributed by atoms with Crippen LogP contribution in [0.1, 0.15) is 54.4 Å². The second-order valence-electron chi connectivity index (χ2n) is 10.4. The number of rotatable bonds is 4. The van der Waals surface area contributed by atoms with Gasteiger partial charge >= 0.3 is 6.18 Å². The van der Waals surface area contributed by atoms with Gasteiger partial charge < -0.3 is 5.11 Å². The van der Waals surface area contributed by atoms with E-state index in [4.69, 9.17) is 0 Å². The van der Waals surface area contributed by atoms with Crippen molar-refractivity contribution in [2.75, 3.05) is 13.1 Å². The van der Waals surface area contributed by atoms with Crippen LogP contribution in [0.2, 0.25) is 0 Å². The second-order valence-corrected chi connectivity index (χ2v) is 10.4. The van der Waals surface area contributed by atoms with E-state index in [9.17, 15) is 27.9 Å². The number of imide groups is 1. The van der Waals surface area contributed by atoms with Crippen LogP contribution in [0.3, 0.4) is 0 Å². The maximum absolute atomic E-state index is 16.1. The van der Waals surface area contributed by atoms with Crippen LogP contribution in [-0.4, -0.2) is 45.6 Å². The Morgan fingerprint density at radius 3 is 2.53 bits per heavy atom. The summed E-state index contributed by atoms with van der Waals surface area (Å²) in [6.07, 6.45) is -2.14. The molecular weight excluding hydrogens is 502 g/mol. The van der Waals surface area contributed by atoms with E-state index >= 15 is 4.39 Å². The first-order chi connectivity index (χ1) is 17.9. The third-order valence-corrected chi connectivity index (χ3v) is 7.68. The summed E-state index contributed by atoms with van der Waals surface area (Å²) in [6.45, 7) is 1.81. The average molecular weight is 530 g/mol. The first-order valence-electron chi connectivity index (χ1n) is 12.4. The molecule has 2 aromatic carbocycles. The number of nitrogens with one attached hydrogen (secondary N) is 1. The van der Waals surface area contributed by atoms with E-state index in [1.54, 1.807) is 35.4 Å². The summed E-state index contributed by atoms with van der Waals surface area (Å²) >= 11 is 0. The molecule has 2 aliphatic rings. The predicted molar refractivity (Wildman–Crippen MR) is 132 cm³/mol. The zero-order valence-corrected chi connectivity index (χ0v) is 20.7. The molecule has 3 atom stereocenters. The predicted octanol–water partition coefficient (Wildman–Crippen LogP) is 4.60. The molecule has 0 bridgehead atoms. The first kappa shape index (κ1) is 26.2. The molecule has 2 aliphatic heterocycles. The Morgan fingerprint density at radius 2 is 1.87 bits per heavy atom. The summed E-state index contributed by atoms with van der Waals surface area (Å²) in [7, 11) is 0. The number of nitrogens with zero attached hydrogens (tertiary/aromatic N) is 2. The van der Waals surface area contributed by atoms with Crippen molar-refractivity contribution in [2.24, 2.45) is 0 Å². The molecule has 3 aromatic rings. The van der Waals surface area contributed by atoms with E-state index in [1.807, 2.05) is 0 Å². The number of aliphatic hydroxyl groups is 1. The third kappa shape index (κ3) is 4.90. The van der Waals surface area contributed by atoms with Crippen molar-refractivity contribution in [3.8, 4) is 0 Å². The molecule has 0 aliphatic carbocycles. The number of piperidine rings is 2. The van der Waals surface area contributed by atoms with Gasteiger partial charge in [0.15, 0.2) is 5.67 Å². The lowest BCUT2D eigenvalue weighted by molar-refractivity contribution is -0.148. The zero-order valence-electron chi connectivity index (χ0n) is 20.7. The number of hydrogen-bond donors (Lipinski definition) is 2. The summed E-state index contributed by atoms with van der Waals surface area (Å²) in [4.78, 5) is 30.0. The number of carbonyl (C=O) groups excluding carboxylic acids is 2. The van der Waals surface area contributed by atoms with Crippen LogP contribution in [0.25, 0.3) is 10.9 Å². The highest BCUT2D eigenvalue weighted by Gasteiger charge is 2.52. The summed E-state index contributed by atoms with van der Waals surface area (Å²) in [5.41, 5.74) is -2.34. The second kappa shape index (κ2) is 9.43. The standard InChI is InChI=1S/C28H27F4N3O3/c1-26(29)16-35(15-17-2-4-20(5-3-17)28(30,31)32)11-10-27(26,38)21-6-8-23-18(13-21)12-19(14-33-23)22-7-9-24(36)34-25(22)37/h2-6,8,12-14,22,38H,7,9-11,15-16H2,1H3,(H,34,36,37)/t22-,26+,27-/m1/s1. The van der Waals surface area contributed by atoms with E-state index in [-0.39, 0.29) is 37.7 Å². The monoisotopic (exact) mass is 529 g/mol. The lowest BCUT2D eigenvalue weighted by Crippen LogP contribution is -2.58.